The van der Waals surface area contributed by atoms with Gasteiger partial charge in [0.15, 0.2) is 15.8 Å². The third kappa shape index (κ3) is 9.63. The van der Waals surface area contributed by atoms with Crippen LogP contribution in [0.3, 0.4) is 0 Å². The lowest BCUT2D eigenvalue weighted by molar-refractivity contribution is -0.0284. The van der Waals surface area contributed by atoms with Gasteiger partial charge in [0.1, 0.15) is 0 Å². The molecule has 0 amide bonds. The van der Waals surface area contributed by atoms with Crippen LogP contribution in [0.25, 0.3) is 0 Å². The van der Waals surface area contributed by atoms with E-state index in [0.29, 0.717) is 36.3 Å². The molecule has 1 fully saturated rings. The average molecular weight is 538 g/mol. The third-order valence-electron chi connectivity index (χ3n) is 4.55. The molecule has 1 aliphatic heterocycles. The highest BCUT2D eigenvalue weighted by Gasteiger charge is 2.21. The fourth-order valence-corrected chi connectivity index (χ4v) is 4.56. The molecule has 0 aliphatic carbocycles. The van der Waals surface area contributed by atoms with Crippen molar-refractivity contribution < 1.29 is 13.2 Å². The Morgan fingerprint density at radius 1 is 1.28 bits per heavy atom. The number of sulfone groups is 1. The van der Waals surface area contributed by atoms with Crippen molar-refractivity contribution in [1.29, 1.82) is 0 Å². The SMILES string of the molecule is CN=C(NCCCS(=O)(=O)c1ccccc1)NCC1CN(CC(C)C)CCO1.I. The summed E-state index contributed by atoms with van der Waals surface area (Å²) in [6.07, 6.45) is 0.643. The predicted molar refractivity (Wildman–Crippen MR) is 129 cm³/mol. The summed E-state index contributed by atoms with van der Waals surface area (Å²) in [4.78, 5) is 7.02. The zero-order valence-electron chi connectivity index (χ0n) is 17.6. The first kappa shape index (κ1) is 26.1. The highest BCUT2D eigenvalue weighted by molar-refractivity contribution is 14.0. The highest BCUT2D eigenvalue weighted by Crippen LogP contribution is 2.10. The number of ether oxygens (including phenoxy) is 1. The second kappa shape index (κ2) is 13.4. The van der Waals surface area contributed by atoms with Gasteiger partial charge in [0.2, 0.25) is 0 Å². The quantitative estimate of drug-likeness (QED) is 0.217. The third-order valence-corrected chi connectivity index (χ3v) is 6.37. The van der Waals surface area contributed by atoms with Crippen molar-refractivity contribution in [3.05, 3.63) is 30.3 Å². The Kier molecular flexibility index (Phi) is 12.1. The number of nitrogens with one attached hydrogen (secondary N) is 2. The molecule has 9 heteroatoms. The van der Waals surface area contributed by atoms with Gasteiger partial charge in [0.25, 0.3) is 0 Å². The molecular weight excluding hydrogens is 503 g/mol. The van der Waals surface area contributed by atoms with Crippen LogP contribution in [0, 0.1) is 5.92 Å². The summed E-state index contributed by atoms with van der Waals surface area (Å²) < 4.78 is 30.4. The van der Waals surface area contributed by atoms with Crippen molar-refractivity contribution in [2.75, 3.05) is 52.1 Å². The van der Waals surface area contributed by atoms with E-state index in [0.717, 1.165) is 26.2 Å². The van der Waals surface area contributed by atoms with Gasteiger partial charge in [0.05, 0.1) is 23.4 Å². The summed E-state index contributed by atoms with van der Waals surface area (Å²) in [5, 5.41) is 6.46. The number of nitrogens with zero attached hydrogens (tertiary/aromatic N) is 2. The van der Waals surface area contributed by atoms with Crippen LogP contribution in [0.5, 0.6) is 0 Å². The van der Waals surface area contributed by atoms with E-state index in [2.05, 4.69) is 34.4 Å². The van der Waals surface area contributed by atoms with Gasteiger partial charge >= 0.3 is 0 Å². The summed E-state index contributed by atoms with van der Waals surface area (Å²) in [5.41, 5.74) is 0. The first-order valence-corrected chi connectivity index (χ1v) is 11.6. The lowest BCUT2D eigenvalue weighted by Crippen LogP contribution is -2.50. The monoisotopic (exact) mass is 538 g/mol. The van der Waals surface area contributed by atoms with Crippen molar-refractivity contribution in [2.45, 2.75) is 31.3 Å². The number of hydrogen-bond donors (Lipinski definition) is 2. The van der Waals surface area contributed by atoms with Crippen molar-refractivity contribution in [1.82, 2.24) is 15.5 Å². The maximum Gasteiger partial charge on any atom is 0.191 e. The van der Waals surface area contributed by atoms with Gasteiger partial charge in [-0.05, 0) is 24.5 Å². The first-order chi connectivity index (χ1) is 13.4. The molecule has 1 saturated heterocycles. The molecule has 166 valence electrons. The summed E-state index contributed by atoms with van der Waals surface area (Å²) in [5.74, 6) is 1.42. The number of halogens is 1. The lowest BCUT2D eigenvalue weighted by Gasteiger charge is -2.34. The highest BCUT2D eigenvalue weighted by atomic mass is 127. The molecule has 1 atom stereocenters. The van der Waals surface area contributed by atoms with E-state index < -0.39 is 9.84 Å². The van der Waals surface area contributed by atoms with Crippen LogP contribution in [0.1, 0.15) is 20.3 Å². The fraction of sp³-hybridized carbons (Fsp3) is 0.650. The van der Waals surface area contributed by atoms with Crippen LogP contribution >= 0.6 is 24.0 Å². The molecule has 1 heterocycles. The molecule has 1 unspecified atom stereocenters. The van der Waals surface area contributed by atoms with E-state index >= 15 is 0 Å². The Labute approximate surface area is 192 Å². The molecule has 1 aliphatic rings. The van der Waals surface area contributed by atoms with E-state index in [4.69, 9.17) is 4.74 Å². The Balaban J connectivity index is 0.00000420. The summed E-state index contributed by atoms with van der Waals surface area (Å²) in [7, 11) is -1.53. The van der Waals surface area contributed by atoms with Gasteiger partial charge in [-0.2, -0.15) is 0 Å². The Morgan fingerprint density at radius 2 is 2.00 bits per heavy atom. The molecule has 0 saturated carbocycles. The molecule has 0 aromatic heterocycles. The largest absolute Gasteiger partial charge is 0.374 e. The van der Waals surface area contributed by atoms with Gasteiger partial charge in [-0.1, -0.05) is 32.0 Å². The Bertz CT molecular complexity index is 714. The summed E-state index contributed by atoms with van der Waals surface area (Å²) in [6, 6.07) is 8.57. The topological polar surface area (TPSA) is 83.0 Å². The van der Waals surface area contributed by atoms with E-state index in [1.165, 1.54) is 0 Å². The predicted octanol–water partition coefficient (Wildman–Crippen LogP) is 1.99. The average Bonchev–Trinajstić information content (AvgIpc) is 2.68. The zero-order valence-corrected chi connectivity index (χ0v) is 20.8. The molecule has 1 aromatic rings. The van der Waals surface area contributed by atoms with Gasteiger partial charge in [-0.25, -0.2) is 8.42 Å². The van der Waals surface area contributed by atoms with Gasteiger partial charge in [-0.15, -0.1) is 24.0 Å². The molecular formula is C20H35IN4O3S. The minimum atomic E-state index is -3.24. The van der Waals surface area contributed by atoms with E-state index in [1.807, 2.05) is 6.07 Å². The van der Waals surface area contributed by atoms with Crippen LogP contribution in [0.2, 0.25) is 0 Å². The van der Waals surface area contributed by atoms with E-state index in [-0.39, 0.29) is 35.8 Å². The number of guanidine groups is 1. The number of morpholine rings is 1. The smallest absolute Gasteiger partial charge is 0.191 e. The number of rotatable bonds is 9. The van der Waals surface area contributed by atoms with Crippen LogP contribution in [-0.4, -0.2) is 77.5 Å². The maximum atomic E-state index is 12.3. The molecule has 2 rings (SSSR count). The van der Waals surface area contributed by atoms with Crippen molar-refractivity contribution in [2.24, 2.45) is 10.9 Å². The van der Waals surface area contributed by atoms with E-state index in [9.17, 15) is 8.42 Å². The molecule has 29 heavy (non-hydrogen) atoms. The fourth-order valence-electron chi connectivity index (χ4n) is 3.23. The maximum absolute atomic E-state index is 12.3. The first-order valence-electron chi connectivity index (χ1n) is 9.97. The number of hydrogen-bond acceptors (Lipinski definition) is 5. The van der Waals surface area contributed by atoms with Gasteiger partial charge < -0.3 is 15.4 Å². The number of benzene rings is 1. The van der Waals surface area contributed by atoms with Crippen molar-refractivity contribution in [3.8, 4) is 0 Å². The van der Waals surface area contributed by atoms with Crippen LogP contribution in [-0.2, 0) is 14.6 Å². The Morgan fingerprint density at radius 3 is 2.66 bits per heavy atom. The second-order valence-corrected chi connectivity index (χ2v) is 9.62. The van der Waals surface area contributed by atoms with Crippen molar-refractivity contribution in [3.63, 3.8) is 0 Å². The molecule has 2 N–H and O–H groups in total. The number of aliphatic imine (C=N–C) groups is 1. The lowest BCUT2D eigenvalue weighted by atomic mass is 10.2. The van der Waals surface area contributed by atoms with Crippen LogP contribution in [0.15, 0.2) is 40.2 Å². The molecule has 0 spiro atoms. The Hall–Kier alpha value is -0.910. The normalized spacial score (nSPS) is 18.3. The molecule has 1 aromatic carbocycles. The minimum absolute atomic E-state index is 0. The minimum Gasteiger partial charge on any atom is -0.374 e. The summed E-state index contributed by atoms with van der Waals surface area (Å²) in [6.45, 7) is 9.41. The van der Waals surface area contributed by atoms with E-state index in [1.54, 1.807) is 31.3 Å². The van der Waals surface area contributed by atoms with Crippen LogP contribution < -0.4 is 10.6 Å². The summed E-state index contributed by atoms with van der Waals surface area (Å²) >= 11 is 0. The van der Waals surface area contributed by atoms with Crippen LogP contribution in [0.4, 0.5) is 0 Å². The van der Waals surface area contributed by atoms with Gasteiger partial charge in [0, 0.05) is 39.8 Å². The van der Waals surface area contributed by atoms with Crippen molar-refractivity contribution >= 4 is 39.8 Å². The standard InChI is InChI=1S/C20H34N4O3S.HI/c1-17(2)15-24-11-12-27-18(16-24)14-23-20(21-3)22-10-7-13-28(25,26)19-8-5-4-6-9-19;/h4-6,8-9,17-18H,7,10-16H2,1-3H3,(H2,21,22,23);1H. The molecule has 0 bridgehead atoms. The molecule has 7 nitrogen and oxygen atoms in total. The molecule has 0 radical (unpaired) electrons. The van der Waals surface area contributed by atoms with Gasteiger partial charge in [-0.3, -0.25) is 9.89 Å². The zero-order chi connectivity index (χ0) is 20.4. The second-order valence-electron chi connectivity index (χ2n) is 7.51.